The molecule has 2 aliphatic rings. The van der Waals surface area contributed by atoms with Crippen LogP contribution >= 0.6 is 11.6 Å². The molecule has 5 heteroatoms. The fraction of sp³-hybridized carbons (Fsp3) is 0.435. The third-order valence-electron chi connectivity index (χ3n) is 5.97. The van der Waals surface area contributed by atoms with Gasteiger partial charge < -0.3 is 10.2 Å². The van der Waals surface area contributed by atoms with E-state index in [0.29, 0.717) is 0 Å². The second-order valence-corrected chi connectivity index (χ2v) is 8.27. The lowest BCUT2D eigenvalue weighted by Crippen LogP contribution is -2.45. The monoisotopic (exact) mass is 397 g/mol. The first-order valence-corrected chi connectivity index (χ1v) is 10.6. The summed E-state index contributed by atoms with van der Waals surface area (Å²) in [5, 5.41) is 3.82. The molecule has 0 radical (unpaired) electrons. The van der Waals surface area contributed by atoms with Crippen molar-refractivity contribution in [1.82, 2.24) is 9.80 Å². The lowest BCUT2D eigenvalue weighted by Gasteiger charge is -2.34. The highest BCUT2D eigenvalue weighted by atomic mass is 35.5. The first-order chi connectivity index (χ1) is 13.6. The summed E-state index contributed by atoms with van der Waals surface area (Å²) < 4.78 is 0. The van der Waals surface area contributed by atoms with Crippen molar-refractivity contribution in [2.24, 2.45) is 5.92 Å². The van der Waals surface area contributed by atoms with E-state index in [0.717, 1.165) is 62.0 Å². The topological polar surface area (TPSA) is 35.6 Å². The molecule has 4 rings (SSSR count). The Kier molecular flexibility index (Phi) is 6.00. The molecule has 2 aromatic carbocycles. The minimum Gasteiger partial charge on any atom is -0.326 e. The van der Waals surface area contributed by atoms with E-state index < -0.39 is 0 Å². The molecule has 1 N–H and O–H groups in total. The van der Waals surface area contributed by atoms with E-state index in [2.05, 4.69) is 34.2 Å². The lowest BCUT2D eigenvalue weighted by molar-refractivity contribution is -0.117. The Morgan fingerprint density at radius 1 is 1.04 bits per heavy atom. The van der Waals surface area contributed by atoms with Gasteiger partial charge in [-0.05, 0) is 48.2 Å². The summed E-state index contributed by atoms with van der Waals surface area (Å²) >= 11 is 6.26. The number of halogens is 1. The summed E-state index contributed by atoms with van der Waals surface area (Å²) in [5.41, 5.74) is 3.25. The number of likely N-dealkylation sites (N-methyl/N-ethyl adjacent to an activating group) is 1. The highest BCUT2D eigenvalue weighted by Crippen LogP contribution is 2.49. The molecule has 1 saturated heterocycles. The minimum absolute atomic E-state index is 0.0226. The zero-order chi connectivity index (χ0) is 19.5. The van der Waals surface area contributed by atoms with Crippen LogP contribution in [0.3, 0.4) is 0 Å². The number of benzene rings is 2. The molecule has 0 aromatic heterocycles. The van der Waals surface area contributed by atoms with Crippen molar-refractivity contribution in [1.29, 1.82) is 0 Å². The van der Waals surface area contributed by atoms with Crippen LogP contribution in [0.2, 0.25) is 5.02 Å². The van der Waals surface area contributed by atoms with Crippen LogP contribution in [0.4, 0.5) is 5.69 Å². The Bertz CT molecular complexity index is 815. The number of anilines is 1. The Morgan fingerprint density at radius 3 is 2.39 bits per heavy atom. The molecule has 0 bridgehead atoms. The number of piperazine rings is 1. The molecular weight excluding hydrogens is 370 g/mol. The molecule has 1 heterocycles. The molecule has 1 aliphatic carbocycles. The maximum atomic E-state index is 12.6. The third kappa shape index (κ3) is 4.57. The van der Waals surface area contributed by atoms with Gasteiger partial charge in [0.2, 0.25) is 5.91 Å². The number of amides is 1. The molecule has 148 valence electrons. The second kappa shape index (κ2) is 8.64. The molecule has 1 aliphatic heterocycles. The maximum Gasteiger partial charge on any atom is 0.228 e. The van der Waals surface area contributed by atoms with E-state index >= 15 is 0 Å². The molecule has 4 nitrogen and oxygen atoms in total. The van der Waals surface area contributed by atoms with Crippen LogP contribution in [-0.4, -0.2) is 48.4 Å². The van der Waals surface area contributed by atoms with Crippen LogP contribution in [0.5, 0.6) is 0 Å². The van der Waals surface area contributed by atoms with Crippen molar-refractivity contribution in [3.63, 3.8) is 0 Å². The van der Waals surface area contributed by atoms with Gasteiger partial charge in [0, 0.05) is 49.4 Å². The van der Waals surface area contributed by atoms with Crippen LogP contribution in [0.15, 0.2) is 48.5 Å². The first kappa shape index (κ1) is 19.4. The van der Waals surface area contributed by atoms with Gasteiger partial charge in [-0.1, -0.05) is 48.9 Å². The van der Waals surface area contributed by atoms with Crippen molar-refractivity contribution in [2.75, 3.05) is 38.0 Å². The maximum absolute atomic E-state index is 12.6. The number of nitrogens with one attached hydrogen (secondary N) is 1. The second-order valence-electron chi connectivity index (χ2n) is 7.87. The molecule has 0 spiro atoms. The van der Waals surface area contributed by atoms with Gasteiger partial charge in [-0.2, -0.15) is 0 Å². The van der Waals surface area contributed by atoms with Crippen molar-refractivity contribution >= 4 is 23.2 Å². The summed E-state index contributed by atoms with van der Waals surface area (Å²) in [4.78, 5) is 17.6. The lowest BCUT2D eigenvalue weighted by atomic mass is 10.1. The number of hydrogen-bond acceptors (Lipinski definition) is 3. The van der Waals surface area contributed by atoms with Crippen molar-refractivity contribution in [3.05, 3.63) is 64.7 Å². The fourth-order valence-electron chi connectivity index (χ4n) is 4.05. The molecule has 28 heavy (non-hydrogen) atoms. The summed E-state index contributed by atoms with van der Waals surface area (Å²) in [6, 6.07) is 16.1. The smallest absolute Gasteiger partial charge is 0.228 e. The summed E-state index contributed by atoms with van der Waals surface area (Å²) in [6.45, 7) is 8.89. The number of rotatable bonds is 6. The quantitative estimate of drug-likeness (QED) is 0.792. The molecule has 2 fully saturated rings. The van der Waals surface area contributed by atoms with E-state index in [1.807, 2.05) is 36.4 Å². The molecule has 2 atom stereocenters. The molecule has 2 unspecified atom stereocenters. The van der Waals surface area contributed by atoms with Crippen LogP contribution in [0.1, 0.15) is 30.4 Å². The van der Waals surface area contributed by atoms with Gasteiger partial charge in [-0.3, -0.25) is 9.69 Å². The van der Waals surface area contributed by atoms with Gasteiger partial charge in [0.05, 0.1) is 0 Å². The third-order valence-corrected chi connectivity index (χ3v) is 6.32. The van der Waals surface area contributed by atoms with Gasteiger partial charge in [-0.15, -0.1) is 0 Å². The van der Waals surface area contributed by atoms with Crippen molar-refractivity contribution in [3.8, 4) is 0 Å². The molecule has 2 aromatic rings. The van der Waals surface area contributed by atoms with E-state index in [-0.39, 0.29) is 17.7 Å². The van der Waals surface area contributed by atoms with Gasteiger partial charge in [-0.25, -0.2) is 0 Å². The van der Waals surface area contributed by atoms with Crippen LogP contribution < -0.4 is 5.32 Å². The van der Waals surface area contributed by atoms with E-state index in [4.69, 9.17) is 11.6 Å². The van der Waals surface area contributed by atoms with Crippen molar-refractivity contribution in [2.45, 2.75) is 25.8 Å². The van der Waals surface area contributed by atoms with Crippen LogP contribution in [0, 0.1) is 5.92 Å². The van der Waals surface area contributed by atoms with Gasteiger partial charge >= 0.3 is 0 Å². The molecule has 1 saturated carbocycles. The predicted octanol–water partition coefficient (Wildman–Crippen LogP) is 4.22. The number of carbonyl (C=O) groups excluding carboxylic acids is 1. The average Bonchev–Trinajstić information content (AvgIpc) is 3.51. The molecule has 1 amide bonds. The summed E-state index contributed by atoms with van der Waals surface area (Å²) in [7, 11) is 0. The average molecular weight is 398 g/mol. The number of hydrogen-bond donors (Lipinski definition) is 1. The minimum atomic E-state index is 0.0226. The zero-order valence-electron chi connectivity index (χ0n) is 16.4. The first-order valence-electron chi connectivity index (χ1n) is 10.2. The number of carbonyl (C=O) groups is 1. The van der Waals surface area contributed by atoms with Gasteiger partial charge in [0.25, 0.3) is 0 Å². The van der Waals surface area contributed by atoms with Crippen molar-refractivity contribution < 1.29 is 4.79 Å². The van der Waals surface area contributed by atoms with Crippen LogP contribution in [0.25, 0.3) is 0 Å². The largest absolute Gasteiger partial charge is 0.326 e. The zero-order valence-corrected chi connectivity index (χ0v) is 17.2. The van der Waals surface area contributed by atoms with E-state index in [1.165, 1.54) is 5.56 Å². The molecular formula is C23H28ClN3O. The van der Waals surface area contributed by atoms with Gasteiger partial charge in [0.1, 0.15) is 0 Å². The highest BCUT2D eigenvalue weighted by Gasteiger charge is 2.44. The number of nitrogens with zero attached hydrogens (tertiary/aromatic N) is 2. The van der Waals surface area contributed by atoms with E-state index in [9.17, 15) is 4.79 Å². The fourth-order valence-corrected chi connectivity index (χ4v) is 4.33. The van der Waals surface area contributed by atoms with Gasteiger partial charge in [0.15, 0.2) is 0 Å². The Morgan fingerprint density at radius 2 is 1.71 bits per heavy atom. The van der Waals surface area contributed by atoms with Crippen LogP contribution in [-0.2, 0) is 11.3 Å². The normalized spacial score (nSPS) is 22.8. The standard InChI is InChI=1S/C23H28ClN3O/c1-2-26-11-13-27(14-12-26)16-17-7-9-18(10-8-17)25-23(28)21-15-20(21)19-5-3-4-6-22(19)24/h3-10,20-21H,2,11-16H2,1H3,(H,25,28). The highest BCUT2D eigenvalue weighted by molar-refractivity contribution is 6.31. The predicted molar refractivity (Wildman–Crippen MR) is 115 cm³/mol. The summed E-state index contributed by atoms with van der Waals surface area (Å²) in [6.07, 6.45) is 0.872. The Balaban J connectivity index is 1.28. The van der Waals surface area contributed by atoms with E-state index in [1.54, 1.807) is 0 Å². The SMILES string of the molecule is CCN1CCN(Cc2ccc(NC(=O)C3CC3c3ccccc3Cl)cc2)CC1. The Labute approximate surface area is 172 Å². The summed E-state index contributed by atoms with van der Waals surface area (Å²) in [5.74, 6) is 0.359. The Hall–Kier alpha value is -1.88.